The second-order valence-electron chi connectivity index (χ2n) is 4.88. The molecule has 0 bridgehead atoms. The molecule has 0 N–H and O–H groups in total. The summed E-state index contributed by atoms with van der Waals surface area (Å²) < 4.78 is 0. The number of rotatable bonds is 7. The minimum atomic E-state index is 0.712. The lowest BCUT2D eigenvalue weighted by molar-refractivity contribution is 0.275. The van der Waals surface area contributed by atoms with Crippen LogP contribution in [-0.2, 0) is 0 Å². The van der Waals surface area contributed by atoms with Gasteiger partial charge in [0.2, 0.25) is 0 Å². The lowest BCUT2D eigenvalue weighted by Crippen LogP contribution is -2.16. The van der Waals surface area contributed by atoms with E-state index in [1.165, 1.54) is 19.3 Å². The molecule has 0 aliphatic heterocycles. The van der Waals surface area contributed by atoms with Gasteiger partial charge in [-0.3, -0.25) is 0 Å². The van der Waals surface area contributed by atoms with Crippen LogP contribution < -0.4 is 0 Å². The molecule has 4 unspecified atom stereocenters. The minimum Gasteiger partial charge on any atom is -0.103 e. The van der Waals surface area contributed by atoms with Crippen molar-refractivity contribution in [3.63, 3.8) is 0 Å². The van der Waals surface area contributed by atoms with Crippen molar-refractivity contribution in [2.24, 2.45) is 23.7 Å². The van der Waals surface area contributed by atoms with Crippen molar-refractivity contribution < 1.29 is 0 Å². The average Bonchev–Trinajstić information content (AvgIpc) is 2.22. The van der Waals surface area contributed by atoms with Crippen molar-refractivity contribution in [1.29, 1.82) is 0 Å². The van der Waals surface area contributed by atoms with Gasteiger partial charge >= 0.3 is 0 Å². The zero-order valence-corrected chi connectivity index (χ0v) is 10.7. The third-order valence-corrected chi connectivity index (χ3v) is 3.94. The lowest BCUT2D eigenvalue weighted by atomic mass is 9.80. The van der Waals surface area contributed by atoms with E-state index in [2.05, 4.69) is 47.3 Å². The summed E-state index contributed by atoms with van der Waals surface area (Å²) in [6.45, 7) is 15.6. The van der Waals surface area contributed by atoms with Gasteiger partial charge < -0.3 is 0 Å². The van der Waals surface area contributed by atoms with Gasteiger partial charge in [0.05, 0.1) is 0 Å². The van der Waals surface area contributed by atoms with Crippen LogP contribution in [0.1, 0.15) is 53.9 Å². The first-order valence-electron chi connectivity index (χ1n) is 6.19. The van der Waals surface area contributed by atoms with E-state index in [-0.39, 0.29) is 0 Å². The summed E-state index contributed by atoms with van der Waals surface area (Å²) in [6.07, 6.45) is 6.04. The fraction of sp³-hybridized carbons (Fsp3) is 0.857. The quantitative estimate of drug-likeness (QED) is 0.508. The molecule has 0 aliphatic carbocycles. The highest BCUT2D eigenvalue weighted by Crippen LogP contribution is 2.28. The molecule has 84 valence electrons. The Morgan fingerprint density at radius 1 is 0.929 bits per heavy atom. The Labute approximate surface area is 90.8 Å². The van der Waals surface area contributed by atoms with Crippen LogP contribution in [0.2, 0.25) is 0 Å². The van der Waals surface area contributed by atoms with E-state index in [0.717, 1.165) is 17.8 Å². The Hall–Kier alpha value is -0.260. The van der Waals surface area contributed by atoms with E-state index in [1.807, 2.05) is 0 Å². The van der Waals surface area contributed by atoms with Crippen molar-refractivity contribution in [3.8, 4) is 0 Å². The molecule has 0 aromatic carbocycles. The predicted molar refractivity (Wildman–Crippen MR) is 66.4 cm³/mol. The van der Waals surface area contributed by atoms with E-state index in [4.69, 9.17) is 0 Å². The van der Waals surface area contributed by atoms with E-state index in [1.54, 1.807) is 0 Å². The predicted octanol–water partition coefficient (Wildman–Crippen LogP) is 4.91. The number of hydrogen-bond acceptors (Lipinski definition) is 0. The Morgan fingerprint density at radius 3 is 1.79 bits per heavy atom. The summed E-state index contributed by atoms with van der Waals surface area (Å²) in [5.74, 6) is 3.18. The van der Waals surface area contributed by atoms with E-state index >= 15 is 0 Å². The number of allylic oxidation sites excluding steroid dienone is 1. The average molecular weight is 196 g/mol. The lowest BCUT2D eigenvalue weighted by Gasteiger charge is -2.26. The molecular weight excluding hydrogens is 168 g/mol. The highest BCUT2D eigenvalue weighted by molar-refractivity contribution is 4.84. The molecule has 0 heterocycles. The van der Waals surface area contributed by atoms with Crippen LogP contribution >= 0.6 is 0 Å². The van der Waals surface area contributed by atoms with Gasteiger partial charge in [-0.2, -0.15) is 0 Å². The first kappa shape index (κ1) is 13.7. The molecule has 0 aromatic heterocycles. The summed E-state index contributed by atoms with van der Waals surface area (Å²) in [5, 5.41) is 0. The fourth-order valence-corrected chi connectivity index (χ4v) is 1.93. The normalized spacial score (nSPS) is 19.8. The summed E-state index contributed by atoms with van der Waals surface area (Å²) in [5.41, 5.74) is 0. The van der Waals surface area contributed by atoms with Crippen molar-refractivity contribution in [3.05, 3.63) is 12.7 Å². The van der Waals surface area contributed by atoms with Crippen LogP contribution in [0.3, 0.4) is 0 Å². The fourth-order valence-electron chi connectivity index (χ4n) is 1.93. The third-order valence-electron chi connectivity index (χ3n) is 3.94. The monoisotopic (exact) mass is 196 g/mol. The Balaban J connectivity index is 4.10. The first-order chi connectivity index (χ1) is 6.56. The van der Waals surface area contributed by atoms with Crippen LogP contribution in [-0.4, -0.2) is 0 Å². The SMILES string of the molecule is C=CC(CC(C)C(C)CC)C(C)CC. The standard InChI is InChI=1S/C14H28/c1-7-11(4)13(6)10-14(9-3)12(5)8-2/h9,11-14H,3,7-8,10H2,1-2,4-6H3. The third kappa shape index (κ3) is 4.30. The van der Waals surface area contributed by atoms with E-state index < -0.39 is 0 Å². The molecule has 0 spiro atoms. The highest BCUT2D eigenvalue weighted by atomic mass is 14.2. The Bertz CT molecular complexity index is 148. The van der Waals surface area contributed by atoms with Crippen LogP contribution in [0.4, 0.5) is 0 Å². The number of hydrogen-bond donors (Lipinski definition) is 0. The molecule has 0 aromatic rings. The molecule has 4 atom stereocenters. The molecule has 0 amide bonds. The maximum absolute atomic E-state index is 3.97. The molecule has 0 radical (unpaired) electrons. The highest BCUT2D eigenvalue weighted by Gasteiger charge is 2.18. The van der Waals surface area contributed by atoms with Gasteiger partial charge in [-0.15, -0.1) is 6.58 Å². The molecule has 0 heteroatoms. The van der Waals surface area contributed by atoms with Crippen molar-refractivity contribution in [2.45, 2.75) is 53.9 Å². The van der Waals surface area contributed by atoms with Gasteiger partial charge in [-0.05, 0) is 30.1 Å². The van der Waals surface area contributed by atoms with Gasteiger partial charge in [-0.1, -0.05) is 53.5 Å². The topological polar surface area (TPSA) is 0 Å². The molecule has 0 nitrogen and oxygen atoms in total. The van der Waals surface area contributed by atoms with Crippen molar-refractivity contribution in [2.75, 3.05) is 0 Å². The van der Waals surface area contributed by atoms with Crippen LogP contribution in [0.5, 0.6) is 0 Å². The molecular formula is C14H28. The minimum absolute atomic E-state index is 0.712. The van der Waals surface area contributed by atoms with Crippen LogP contribution in [0.15, 0.2) is 12.7 Å². The zero-order chi connectivity index (χ0) is 11.1. The summed E-state index contributed by atoms with van der Waals surface area (Å²) in [4.78, 5) is 0. The van der Waals surface area contributed by atoms with E-state index in [9.17, 15) is 0 Å². The van der Waals surface area contributed by atoms with Crippen LogP contribution in [0, 0.1) is 23.7 Å². The second-order valence-corrected chi connectivity index (χ2v) is 4.88. The summed E-state index contributed by atoms with van der Waals surface area (Å²) in [7, 11) is 0. The van der Waals surface area contributed by atoms with Gasteiger partial charge in [0.15, 0.2) is 0 Å². The van der Waals surface area contributed by atoms with Gasteiger partial charge in [0, 0.05) is 0 Å². The second kappa shape index (κ2) is 7.09. The van der Waals surface area contributed by atoms with E-state index in [0.29, 0.717) is 5.92 Å². The molecule has 0 saturated heterocycles. The van der Waals surface area contributed by atoms with Crippen LogP contribution in [0.25, 0.3) is 0 Å². The Kier molecular flexibility index (Phi) is 6.96. The Morgan fingerprint density at radius 2 is 1.43 bits per heavy atom. The maximum atomic E-state index is 3.97. The van der Waals surface area contributed by atoms with Crippen molar-refractivity contribution in [1.82, 2.24) is 0 Å². The molecule has 0 rings (SSSR count). The molecule has 0 aliphatic rings. The van der Waals surface area contributed by atoms with Gasteiger partial charge in [0.25, 0.3) is 0 Å². The first-order valence-corrected chi connectivity index (χ1v) is 6.19. The molecule has 0 fully saturated rings. The smallest absolute Gasteiger partial charge is 0.0208 e. The molecule has 0 saturated carbocycles. The molecule has 14 heavy (non-hydrogen) atoms. The van der Waals surface area contributed by atoms with Gasteiger partial charge in [0.1, 0.15) is 0 Å². The maximum Gasteiger partial charge on any atom is -0.0208 e. The summed E-state index contributed by atoms with van der Waals surface area (Å²) in [6, 6.07) is 0. The van der Waals surface area contributed by atoms with Gasteiger partial charge in [-0.25, -0.2) is 0 Å². The summed E-state index contributed by atoms with van der Waals surface area (Å²) >= 11 is 0. The largest absolute Gasteiger partial charge is 0.103 e. The zero-order valence-electron chi connectivity index (χ0n) is 10.7. The van der Waals surface area contributed by atoms with Crippen molar-refractivity contribution >= 4 is 0 Å².